The van der Waals surface area contributed by atoms with E-state index in [4.69, 9.17) is 0 Å². The van der Waals surface area contributed by atoms with Gasteiger partial charge in [0.1, 0.15) is 5.75 Å². The number of aromatic hydroxyl groups is 1. The van der Waals surface area contributed by atoms with E-state index in [0.717, 1.165) is 5.56 Å². The molecule has 0 aliphatic rings. The van der Waals surface area contributed by atoms with Crippen molar-refractivity contribution in [3.8, 4) is 5.75 Å². The predicted molar refractivity (Wildman–Crippen MR) is 72.2 cm³/mol. The number of benzene rings is 1. The van der Waals surface area contributed by atoms with Gasteiger partial charge in [-0.25, -0.2) is 0 Å². The Hall–Kier alpha value is -2.43. The largest absolute Gasteiger partial charge is 0.508 e. The van der Waals surface area contributed by atoms with Gasteiger partial charge >= 0.3 is 0 Å². The molecule has 0 atom stereocenters. The van der Waals surface area contributed by atoms with Crippen LogP contribution in [0.3, 0.4) is 0 Å². The molecule has 0 fully saturated rings. The molecule has 0 aliphatic heterocycles. The normalized spacial score (nSPS) is 10.2. The number of phenolic OH excluding ortho intramolecular Hbond substituents is 1. The second kappa shape index (κ2) is 5.48. The average Bonchev–Trinajstić information content (AvgIpc) is 2.44. The van der Waals surface area contributed by atoms with Crippen LogP contribution < -0.4 is 4.90 Å². The molecule has 2 rings (SSSR count). The first-order valence-electron chi connectivity index (χ1n) is 6.01. The highest BCUT2D eigenvalue weighted by Gasteiger charge is 2.18. The second-order valence-corrected chi connectivity index (χ2v) is 4.15. The van der Waals surface area contributed by atoms with E-state index in [1.165, 1.54) is 12.4 Å². The summed E-state index contributed by atoms with van der Waals surface area (Å²) in [7, 11) is 0. The van der Waals surface area contributed by atoms with Crippen LogP contribution in [0.15, 0.2) is 36.7 Å². The Labute approximate surface area is 111 Å². The standard InChI is InChI=1S/C14H15N3O2/c1-3-17(13-8-12(18)5-4-10(13)2)14(19)11-6-7-15-16-9-11/h4-9,18H,3H2,1-2H3. The summed E-state index contributed by atoms with van der Waals surface area (Å²) in [6.07, 6.45) is 2.92. The molecular weight excluding hydrogens is 242 g/mol. The lowest BCUT2D eigenvalue weighted by atomic mass is 10.1. The van der Waals surface area contributed by atoms with E-state index >= 15 is 0 Å². The summed E-state index contributed by atoms with van der Waals surface area (Å²) < 4.78 is 0. The number of hydrogen-bond acceptors (Lipinski definition) is 4. The summed E-state index contributed by atoms with van der Waals surface area (Å²) in [6, 6.07) is 6.60. The van der Waals surface area contributed by atoms with Crippen LogP contribution in [0.5, 0.6) is 5.75 Å². The summed E-state index contributed by atoms with van der Waals surface area (Å²) in [4.78, 5) is 14.0. The molecule has 0 unspecified atom stereocenters. The first-order valence-corrected chi connectivity index (χ1v) is 6.01. The molecular formula is C14H15N3O2. The zero-order valence-corrected chi connectivity index (χ0v) is 10.9. The monoisotopic (exact) mass is 257 g/mol. The zero-order chi connectivity index (χ0) is 13.8. The predicted octanol–water partition coefficient (Wildman–Crippen LogP) is 2.16. The van der Waals surface area contributed by atoms with Crippen molar-refractivity contribution in [1.82, 2.24) is 10.2 Å². The average molecular weight is 257 g/mol. The number of carbonyl (C=O) groups is 1. The Balaban J connectivity index is 2.40. The van der Waals surface area contributed by atoms with E-state index in [0.29, 0.717) is 17.8 Å². The number of rotatable bonds is 3. The van der Waals surface area contributed by atoms with E-state index in [1.54, 1.807) is 29.2 Å². The third-order valence-electron chi connectivity index (χ3n) is 2.88. The number of aromatic nitrogens is 2. The fraction of sp³-hybridized carbons (Fsp3) is 0.214. The van der Waals surface area contributed by atoms with Crippen molar-refractivity contribution in [3.05, 3.63) is 47.8 Å². The van der Waals surface area contributed by atoms with Crippen molar-refractivity contribution in [2.75, 3.05) is 11.4 Å². The first-order chi connectivity index (χ1) is 9.13. The van der Waals surface area contributed by atoms with Crippen LogP contribution in [0.1, 0.15) is 22.8 Å². The third kappa shape index (κ3) is 2.70. The van der Waals surface area contributed by atoms with Crippen molar-refractivity contribution in [2.45, 2.75) is 13.8 Å². The molecule has 0 aliphatic carbocycles. The molecule has 5 nitrogen and oxygen atoms in total. The SMILES string of the molecule is CCN(C(=O)c1ccnnc1)c1cc(O)ccc1C. The van der Waals surface area contributed by atoms with Gasteiger partial charge in [0.05, 0.1) is 23.6 Å². The molecule has 19 heavy (non-hydrogen) atoms. The van der Waals surface area contributed by atoms with E-state index < -0.39 is 0 Å². The summed E-state index contributed by atoms with van der Waals surface area (Å²) in [6.45, 7) is 4.29. The Bertz CT molecular complexity index is 584. The topological polar surface area (TPSA) is 66.3 Å². The fourth-order valence-corrected chi connectivity index (χ4v) is 1.88. The van der Waals surface area contributed by atoms with Gasteiger partial charge in [-0.15, -0.1) is 0 Å². The van der Waals surface area contributed by atoms with E-state index in [1.807, 2.05) is 13.8 Å². The van der Waals surface area contributed by atoms with Gasteiger partial charge in [0.25, 0.3) is 5.91 Å². The molecule has 1 N–H and O–H groups in total. The summed E-state index contributed by atoms with van der Waals surface area (Å²) in [5.41, 5.74) is 2.10. The first kappa shape index (κ1) is 13.0. The van der Waals surface area contributed by atoms with Crippen LogP contribution in [0.2, 0.25) is 0 Å². The minimum Gasteiger partial charge on any atom is -0.508 e. The summed E-state index contributed by atoms with van der Waals surface area (Å²) in [5.74, 6) is -0.0224. The maximum absolute atomic E-state index is 12.4. The van der Waals surface area contributed by atoms with E-state index in [2.05, 4.69) is 10.2 Å². The second-order valence-electron chi connectivity index (χ2n) is 4.15. The quantitative estimate of drug-likeness (QED) is 0.915. The van der Waals surface area contributed by atoms with Crippen LogP contribution >= 0.6 is 0 Å². The molecule has 0 spiro atoms. The molecule has 1 heterocycles. The van der Waals surface area contributed by atoms with Crippen LogP contribution in [-0.2, 0) is 0 Å². The maximum Gasteiger partial charge on any atom is 0.259 e. The van der Waals surface area contributed by atoms with Crippen LogP contribution in [0.25, 0.3) is 0 Å². The molecule has 0 bridgehead atoms. The zero-order valence-electron chi connectivity index (χ0n) is 10.9. The number of nitrogens with zero attached hydrogens (tertiary/aromatic N) is 3. The van der Waals surface area contributed by atoms with Crippen molar-refractivity contribution in [1.29, 1.82) is 0 Å². The molecule has 0 radical (unpaired) electrons. The van der Waals surface area contributed by atoms with Gasteiger partial charge in [0.15, 0.2) is 0 Å². The summed E-state index contributed by atoms with van der Waals surface area (Å²) in [5, 5.41) is 16.9. The van der Waals surface area contributed by atoms with Crippen molar-refractivity contribution in [2.24, 2.45) is 0 Å². The minimum atomic E-state index is -0.161. The van der Waals surface area contributed by atoms with Crippen molar-refractivity contribution < 1.29 is 9.90 Å². The van der Waals surface area contributed by atoms with Gasteiger partial charge in [0.2, 0.25) is 0 Å². The van der Waals surface area contributed by atoms with Crippen LogP contribution in [-0.4, -0.2) is 27.8 Å². The Morgan fingerprint density at radius 1 is 1.32 bits per heavy atom. The van der Waals surface area contributed by atoms with Gasteiger partial charge in [-0.2, -0.15) is 10.2 Å². The minimum absolute atomic E-state index is 0.139. The van der Waals surface area contributed by atoms with E-state index in [9.17, 15) is 9.90 Å². The van der Waals surface area contributed by atoms with Gasteiger partial charge in [-0.3, -0.25) is 4.79 Å². The molecule has 1 aromatic carbocycles. The highest BCUT2D eigenvalue weighted by Crippen LogP contribution is 2.26. The van der Waals surface area contributed by atoms with Gasteiger partial charge in [-0.1, -0.05) is 6.07 Å². The van der Waals surface area contributed by atoms with Crippen LogP contribution in [0.4, 0.5) is 5.69 Å². The molecule has 2 aromatic rings. The number of aryl methyl sites for hydroxylation is 1. The molecule has 98 valence electrons. The van der Waals surface area contributed by atoms with E-state index in [-0.39, 0.29) is 11.7 Å². The third-order valence-corrected chi connectivity index (χ3v) is 2.88. The smallest absolute Gasteiger partial charge is 0.259 e. The summed E-state index contributed by atoms with van der Waals surface area (Å²) >= 11 is 0. The van der Waals surface area contributed by atoms with Crippen molar-refractivity contribution >= 4 is 11.6 Å². The fourth-order valence-electron chi connectivity index (χ4n) is 1.88. The lowest BCUT2D eigenvalue weighted by Crippen LogP contribution is -2.31. The number of phenols is 1. The van der Waals surface area contributed by atoms with Gasteiger partial charge < -0.3 is 10.0 Å². The molecule has 5 heteroatoms. The van der Waals surface area contributed by atoms with Gasteiger partial charge in [0, 0.05) is 12.6 Å². The van der Waals surface area contributed by atoms with Crippen LogP contribution in [0, 0.1) is 6.92 Å². The highest BCUT2D eigenvalue weighted by atomic mass is 16.3. The number of anilines is 1. The number of carbonyl (C=O) groups excluding carboxylic acids is 1. The Morgan fingerprint density at radius 2 is 2.11 bits per heavy atom. The molecule has 1 amide bonds. The molecule has 0 saturated heterocycles. The van der Waals surface area contributed by atoms with Gasteiger partial charge in [-0.05, 0) is 31.5 Å². The number of hydrogen-bond donors (Lipinski definition) is 1. The maximum atomic E-state index is 12.4. The Kier molecular flexibility index (Phi) is 3.75. The lowest BCUT2D eigenvalue weighted by molar-refractivity contribution is 0.0987. The lowest BCUT2D eigenvalue weighted by Gasteiger charge is -2.23. The Morgan fingerprint density at radius 3 is 2.74 bits per heavy atom. The molecule has 1 aromatic heterocycles. The number of amides is 1. The highest BCUT2D eigenvalue weighted by molar-refractivity contribution is 6.06. The molecule has 0 saturated carbocycles. The van der Waals surface area contributed by atoms with Crippen molar-refractivity contribution in [3.63, 3.8) is 0 Å².